The van der Waals surface area contributed by atoms with E-state index < -0.39 is 10.2 Å². The number of nitrogens with one attached hydrogen (secondary N) is 3. The van der Waals surface area contributed by atoms with Crippen molar-refractivity contribution in [2.24, 2.45) is 10.1 Å². The third-order valence-electron chi connectivity index (χ3n) is 3.48. The molecule has 3 rings (SSSR count). The van der Waals surface area contributed by atoms with Crippen LogP contribution >= 0.6 is 0 Å². The average Bonchev–Trinajstić information content (AvgIpc) is 2.57. The molecule has 5 N–H and O–H groups in total. The van der Waals surface area contributed by atoms with Crippen LogP contribution in [0, 0.1) is 0 Å². The van der Waals surface area contributed by atoms with E-state index in [9.17, 15) is 8.42 Å². The first kappa shape index (κ1) is 17.2. The van der Waals surface area contributed by atoms with Gasteiger partial charge in [-0.1, -0.05) is 36.4 Å². The van der Waals surface area contributed by atoms with Gasteiger partial charge in [0.2, 0.25) is 0 Å². The minimum atomic E-state index is -3.78. The van der Waals surface area contributed by atoms with E-state index >= 15 is 0 Å². The van der Waals surface area contributed by atoms with Gasteiger partial charge < -0.3 is 15.9 Å². The zero-order valence-corrected chi connectivity index (χ0v) is 14.2. The second-order valence-electron chi connectivity index (χ2n) is 5.37. The molecule has 0 saturated carbocycles. The number of fused-ring (bicyclic) bond motifs is 1. The van der Waals surface area contributed by atoms with Crippen molar-refractivity contribution in [1.29, 1.82) is 0 Å². The number of hydrazine groups is 1. The average molecular weight is 361 g/mol. The van der Waals surface area contributed by atoms with Crippen LogP contribution in [0.15, 0.2) is 52.9 Å². The molecular formula is C16H19N5O3S. The van der Waals surface area contributed by atoms with Crippen molar-refractivity contribution in [3.8, 4) is 0 Å². The van der Waals surface area contributed by atoms with E-state index in [0.717, 1.165) is 5.56 Å². The summed E-state index contributed by atoms with van der Waals surface area (Å²) in [5, 5.41) is 0. The quantitative estimate of drug-likeness (QED) is 0.435. The van der Waals surface area contributed by atoms with Gasteiger partial charge in [-0.15, -0.1) is 4.40 Å². The van der Waals surface area contributed by atoms with Gasteiger partial charge in [0.05, 0.1) is 30.2 Å². The fourth-order valence-corrected chi connectivity index (χ4v) is 3.24. The summed E-state index contributed by atoms with van der Waals surface area (Å²) in [7, 11) is -3.78. The summed E-state index contributed by atoms with van der Waals surface area (Å²) in [5.41, 5.74) is 14.4. The lowest BCUT2D eigenvalue weighted by Crippen LogP contribution is -2.31. The molecule has 0 unspecified atom stereocenters. The van der Waals surface area contributed by atoms with E-state index in [2.05, 4.69) is 20.0 Å². The van der Waals surface area contributed by atoms with Crippen LogP contribution in [0.25, 0.3) is 0 Å². The van der Waals surface area contributed by atoms with Crippen LogP contribution in [0.5, 0.6) is 0 Å². The summed E-state index contributed by atoms with van der Waals surface area (Å²) in [5.74, 6) is -0.0565. The molecule has 1 heterocycles. The molecule has 0 saturated heterocycles. The topological polar surface area (TPSA) is 118 Å². The summed E-state index contributed by atoms with van der Waals surface area (Å²) in [6.45, 7) is 1.61. The van der Waals surface area contributed by atoms with Gasteiger partial charge in [0.1, 0.15) is 5.84 Å². The molecule has 25 heavy (non-hydrogen) atoms. The highest BCUT2D eigenvalue weighted by atomic mass is 32.2. The molecule has 0 aliphatic carbocycles. The molecule has 0 amide bonds. The fourth-order valence-electron chi connectivity index (χ4n) is 2.40. The van der Waals surface area contributed by atoms with Crippen molar-refractivity contribution in [1.82, 2.24) is 5.43 Å². The SMILES string of the molecule is NC1=NS(=O)(=O)Nc2cccc(NNCCOCc3ccccc3)c21. The summed E-state index contributed by atoms with van der Waals surface area (Å²) in [6.07, 6.45) is 0. The van der Waals surface area contributed by atoms with Crippen molar-refractivity contribution >= 4 is 27.4 Å². The number of benzene rings is 2. The largest absolute Gasteiger partial charge is 0.382 e. The van der Waals surface area contributed by atoms with Crippen LogP contribution in [0.2, 0.25) is 0 Å². The molecule has 8 nitrogen and oxygen atoms in total. The zero-order chi connectivity index (χ0) is 17.7. The number of ether oxygens (including phenoxy) is 1. The predicted octanol–water partition coefficient (Wildman–Crippen LogP) is 1.20. The van der Waals surface area contributed by atoms with Crippen LogP contribution < -0.4 is 21.3 Å². The maximum Gasteiger partial charge on any atom is 0.344 e. The Morgan fingerprint density at radius 3 is 2.72 bits per heavy atom. The molecule has 1 aliphatic heterocycles. The maximum atomic E-state index is 11.6. The van der Waals surface area contributed by atoms with E-state index in [1.807, 2.05) is 30.3 Å². The molecule has 0 spiro atoms. The molecular weight excluding hydrogens is 342 g/mol. The molecule has 132 valence electrons. The van der Waals surface area contributed by atoms with Gasteiger partial charge in [-0.25, -0.2) is 5.43 Å². The molecule has 0 bridgehead atoms. The van der Waals surface area contributed by atoms with Crippen LogP contribution in [-0.4, -0.2) is 27.4 Å². The Hall–Kier alpha value is -2.62. The summed E-state index contributed by atoms with van der Waals surface area (Å²) < 4.78 is 34.5. The van der Waals surface area contributed by atoms with Gasteiger partial charge in [-0.3, -0.25) is 4.72 Å². The highest BCUT2D eigenvalue weighted by molar-refractivity contribution is 7.91. The second kappa shape index (κ2) is 7.51. The number of rotatable bonds is 7. The van der Waals surface area contributed by atoms with E-state index in [0.29, 0.717) is 36.7 Å². The highest BCUT2D eigenvalue weighted by Crippen LogP contribution is 2.28. The molecule has 2 aromatic carbocycles. The van der Waals surface area contributed by atoms with Crippen molar-refractivity contribution in [2.75, 3.05) is 23.3 Å². The number of nitrogens with two attached hydrogens (primary N) is 1. The maximum absolute atomic E-state index is 11.6. The van der Waals surface area contributed by atoms with Gasteiger partial charge in [-0.2, -0.15) is 8.42 Å². The van der Waals surface area contributed by atoms with E-state index in [1.54, 1.807) is 18.2 Å². The Kier molecular flexibility index (Phi) is 5.17. The number of hydrogen-bond donors (Lipinski definition) is 4. The third kappa shape index (κ3) is 4.47. The molecule has 1 aliphatic rings. The Bertz CT molecular complexity index is 869. The zero-order valence-electron chi connectivity index (χ0n) is 13.4. The summed E-state index contributed by atoms with van der Waals surface area (Å²) in [6, 6.07) is 15.0. The Morgan fingerprint density at radius 2 is 1.92 bits per heavy atom. The molecule has 0 radical (unpaired) electrons. The van der Waals surface area contributed by atoms with E-state index in [4.69, 9.17) is 10.5 Å². The van der Waals surface area contributed by atoms with Gasteiger partial charge in [0, 0.05) is 6.54 Å². The lowest BCUT2D eigenvalue weighted by atomic mass is 10.1. The van der Waals surface area contributed by atoms with Crippen molar-refractivity contribution in [2.45, 2.75) is 6.61 Å². The van der Waals surface area contributed by atoms with E-state index in [1.165, 1.54) is 0 Å². The van der Waals surface area contributed by atoms with Crippen molar-refractivity contribution in [3.05, 3.63) is 59.7 Å². The van der Waals surface area contributed by atoms with Crippen LogP contribution in [0.1, 0.15) is 11.1 Å². The van der Waals surface area contributed by atoms with Crippen molar-refractivity contribution in [3.63, 3.8) is 0 Å². The first-order chi connectivity index (χ1) is 12.1. The normalized spacial score (nSPS) is 15.0. The van der Waals surface area contributed by atoms with Crippen LogP contribution in [0.4, 0.5) is 11.4 Å². The van der Waals surface area contributed by atoms with Gasteiger partial charge in [-0.05, 0) is 17.7 Å². The molecule has 0 fully saturated rings. The first-order valence-corrected chi connectivity index (χ1v) is 9.11. The summed E-state index contributed by atoms with van der Waals surface area (Å²) >= 11 is 0. The third-order valence-corrected chi connectivity index (χ3v) is 4.40. The Morgan fingerprint density at radius 1 is 1.12 bits per heavy atom. The molecule has 0 aromatic heterocycles. The lowest BCUT2D eigenvalue weighted by Gasteiger charge is -2.19. The number of hydrogen-bond acceptors (Lipinski definition) is 6. The van der Waals surface area contributed by atoms with Crippen LogP contribution in [-0.2, 0) is 21.6 Å². The smallest absolute Gasteiger partial charge is 0.344 e. The number of amidine groups is 1. The first-order valence-electron chi connectivity index (χ1n) is 7.67. The molecule has 0 atom stereocenters. The van der Waals surface area contributed by atoms with Gasteiger partial charge in [0.25, 0.3) is 0 Å². The van der Waals surface area contributed by atoms with Crippen molar-refractivity contribution < 1.29 is 13.2 Å². The highest BCUT2D eigenvalue weighted by Gasteiger charge is 2.23. The second-order valence-corrected chi connectivity index (χ2v) is 6.71. The fraction of sp³-hybridized carbons (Fsp3) is 0.188. The predicted molar refractivity (Wildman–Crippen MR) is 97.4 cm³/mol. The Labute approximate surface area is 146 Å². The molecule has 9 heteroatoms. The van der Waals surface area contributed by atoms with Gasteiger partial charge >= 0.3 is 10.2 Å². The van der Waals surface area contributed by atoms with Crippen LogP contribution in [0.3, 0.4) is 0 Å². The summed E-state index contributed by atoms with van der Waals surface area (Å²) in [4.78, 5) is 0. The number of nitrogens with zero attached hydrogens (tertiary/aromatic N) is 1. The number of anilines is 2. The Balaban J connectivity index is 1.51. The van der Waals surface area contributed by atoms with Gasteiger partial charge in [0.15, 0.2) is 0 Å². The molecule has 2 aromatic rings. The lowest BCUT2D eigenvalue weighted by molar-refractivity contribution is 0.124. The monoisotopic (exact) mass is 361 g/mol. The minimum Gasteiger partial charge on any atom is -0.382 e. The van der Waals surface area contributed by atoms with E-state index in [-0.39, 0.29) is 5.84 Å². The minimum absolute atomic E-state index is 0.0565. The standard InChI is InChI=1S/C16H19N5O3S/c17-16-15-13(7-4-8-14(15)20-25(22,23)21-16)19-18-9-10-24-11-12-5-2-1-3-6-12/h1-8,18-20H,9-11H2,(H2,17,21).